The van der Waals surface area contributed by atoms with Gasteiger partial charge in [0, 0.05) is 16.8 Å². The summed E-state index contributed by atoms with van der Waals surface area (Å²) in [6.45, 7) is 3.78. The molecular formula is C25H30ClFN4O5. The Labute approximate surface area is 212 Å². The summed E-state index contributed by atoms with van der Waals surface area (Å²) in [6, 6.07) is 2.50. The highest BCUT2D eigenvalue weighted by Gasteiger charge is 2.41. The number of amides is 3. The SMILES string of the molecule is COC(=O)C(C[C@@H]1CC(C)(C)NC1=O)NC(=O)[C@H](CC1CC1)NC(=O)c1cc2ccc(Cl)c(F)c2[nH]1. The van der Waals surface area contributed by atoms with E-state index in [1.807, 2.05) is 13.8 Å². The third kappa shape index (κ3) is 5.80. The van der Waals surface area contributed by atoms with Crippen LogP contribution in [-0.4, -0.2) is 53.4 Å². The molecule has 1 aliphatic heterocycles. The minimum atomic E-state index is -1.05. The van der Waals surface area contributed by atoms with Crippen molar-refractivity contribution in [2.75, 3.05) is 7.11 Å². The second-order valence-electron chi connectivity index (χ2n) is 10.3. The Morgan fingerprint density at radius 3 is 2.53 bits per heavy atom. The van der Waals surface area contributed by atoms with E-state index >= 15 is 0 Å². The molecule has 4 rings (SSSR count). The smallest absolute Gasteiger partial charge is 0.328 e. The lowest BCUT2D eigenvalue weighted by Gasteiger charge is -2.23. The van der Waals surface area contributed by atoms with Gasteiger partial charge >= 0.3 is 5.97 Å². The molecule has 0 bridgehead atoms. The fraction of sp³-hybridized carbons (Fsp3) is 0.520. The van der Waals surface area contributed by atoms with E-state index in [0.717, 1.165) is 12.8 Å². The van der Waals surface area contributed by atoms with Crippen molar-refractivity contribution in [3.05, 3.63) is 34.7 Å². The van der Waals surface area contributed by atoms with Crippen molar-refractivity contribution in [3.63, 3.8) is 0 Å². The number of methoxy groups -OCH3 is 1. The van der Waals surface area contributed by atoms with Crippen molar-refractivity contribution in [1.29, 1.82) is 0 Å². The summed E-state index contributed by atoms with van der Waals surface area (Å²) >= 11 is 5.83. The minimum absolute atomic E-state index is 0.0736. The largest absolute Gasteiger partial charge is 0.467 e. The molecule has 36 heavy (non-hydrogen) atoms. The number of H-pyrrole nitrogens is 1. The topological polar surface area (TPSA) is 129 Å². The zero-order valence-corrected chi connectivity index (χ0v) is 21.1. The molecule has 9 nitrogen and oxygen atoms in total. The lowest BCUT2D eigenvalue weighted by atomic mass is 9.91. The van der Waals surface area contributed by atoms with Crippen LogP contribution in [-0.2, 0) is 19.1 Å². The van der Waals surface area contributed by atoms with Crippen LogP contribution in [0, 0.1) is 17.7 Å². The Balaban J connectivity index is 1.48. The molecule has 194 valence electrons. The van der Waals surface area contributed by atoms with E-state index < -0.39 is 47.1 Å². The molecule has 11 heteroatoms. The number of carbonyl (C=O) groups excluding carboxylic acids is 4. The number of fused-ring (bicyclic) bond motifs is 1. The summed E-state index contributed by atoms with van der Waals surface area (Å²) in [7, 11) is 1.21. The number of halogens is 2. The van der Waals surface area contributed by atoms with Crippen molar-refractivity contribution in [2.45, 2.75) is 63.6 Å². The van der Waals surface area contributed by atoms with E-state index in [4.69, 9.17) is 16.3 Å². The van der Waals surface area contributed by atoms with E-state index in [1.54, 1.807) is 6.07 Å². The van der Waals surface area contributed by atoms with Crippen LogP contribution in [0.2, 0.25) is 5.02 Å². The van der Waals surface area contributed by atoms with Gasteiger partial charge in [0.05, 0.1) is 17.6 Å². The molecular weight excluding hydrogens is 491 g/mol. The normalized spacial score (nSPS) is 20.5. The van der Waals surface area contributed by atoms with Crippen molar-refractivity contribution in [2.24, 2.45) is 11.8 Å². The number of benzene rings is 1. The van der Waals surface area contributed by atoms with E-state index in [1.165, 1.54) is 19.2 Å². The molecule has 1 aliphatic carbocycles. The molecule has 2 aliphatic rings. The first-order valence-corrected chi connectivity index (χ1v) is 12.3. The molecule has 1 unspecified atom stereocenters. The van der Waals surface area contributed by atoms with Crippen molar-refractivity contribution in [3.8, 4) is 0 Å². The molecule has 2 fully saturated rings. The maximum absolute atomic E-state index is 14.3. The monoisotopic (exact) mass is 520 g/mol. The molecule has 1 aromatic carbocycles. The second kappa shape index (κ2) is 10.1. The molecule has 1 saturated heterocycles. The maximum atomic E-state index is 14.3. The van der Waals surface area contributed by atoms with Crippen LogP contribution in [0.4, 0.5) is 4.39 Å². The first-order valence-electron chi connectivity index (χ1n) is 11.9. The minimum Gasteiger partial charge on any atom is -0.467 e. The zero-order chi connectivity index (χ0) is 26.2. The molecule has 4 N–H and O–H groups in total. The first-order chi connectivity index (χ1) is 17.0. The number of esters is 1. The lowest BCUT2D eigenvalue weighted by molar-refractivity contribution is -0.146. The molecule has 0 spiro atoms. The summed E-state index contributed by atoms with van der Waals surface area (Å²) in [5.41, 5.74) is -0.230. The molecule has 1 aromatic heterocycles. The van der Waals surface area contributed by atoms with Gasteiger partial charge in [0.25, 0.3) is 5.91 Å². The summed E-state index contributed by atoms with van der Waals surface area (Å²) in [5.74, 6) is -2.84. The van der Waals surface area contributed by atoms with Gasteiger partial charge in [-0.25, -0.2) is 9.18 Å². The number of aromatic amines is 1. The Bertz CT molecular complexity index is 1210. The fourth-order valence-corrected chi connectivity index (χ4v) is 4.87. The predicted molar refractivity (Wildman–Crippen MR) is 131 cm³/mol. The van der Waals surface area contributed by atoms with Crippen LogP contribution < -0.4 is 16.0 Å². The van der Waals surface area contributed by atoms with Gasteiger partial charge in [-0.3, -0.25) is 14.4 Å². The van der Waals surface area contributed by atoms with Crippen molar-refractivity contribution < 1.29 is 28.3 Å². The van der Waals surface area contributed by atoms with Gasteiger partial charge in [-0.05, 0) is 51.2 Å². The van der Waals surface area contributed by atoms with E-state index in [-0.39, 0.29) is 34.5 Å². The van der Waals surface area contributed by atoms with Gasteiger partial charge in [-0.15, -0.1) is 0 Å². The predicted octanol–water partition coefficient (Wildman–Crippen LogP) is 2.82. The third-order valence-corrected chi connectivity index (χ3v) is 7.02. The zero-order valence-electron chi connectivity index (χ0n) is 20.4. The number of nitrogens with one attached hydrogen (secondary N) is 4. The average Bonchev–Trinajstić information content (AvgIpc) is 3.45. The Morgan fingerprint density at radius 1 is 1.19 bits per heavy atom. The number of carbonyl (C=O) groups is 4. The highest BCUT2D eigenvalue weighted by atomic mass is 35.5. The second-order valence-corrected chi connectivity index (χ2v) is 10.7. The molecule has 3 amide bonds. The first kappa shape index (κ1) is 25.9. The van der Waals surface area contributed by atoms with E-state index in [0.29, 0.717) is 18.2 Å². The van der Waals surface area contributed by atoms with Gasteiger partial charge in [-0.1, -0.05) is 30.5 Å². The Morgan fingerprint density at radius 2 is 1.92 bits per heavy atom. The van der Waals surface area contributed by atoms with Crippen molar-refractivity contribution in [1.82, 2.24) is 20.9 Å². The lowest BCUT2D eigenvalue weighted by Crippen LogP contribution is -2.52. The van der Waals surface area contributed by atoms with Crippen LogP contribution >= 0.6 is 11.6 Å². The Hall–Kier alpha value is -3.14. The van der Waals surface area contributed by atoms with Crippen LogP contribution in [0.3, 0.4) is 0 Å². The molecule has 2 aromatic rings. The third-order valence-electron chi connectivity index (χ3n) is 6.73. The van der Waals surface area contributed by atoms with Crippen molar-refractivity contribution >= 4 is 46.2 Å². The highest BCUT2D eigenvalue weighted by Crippen LogP contribution is 2.34. The molecule has 0 radical (unpaired) electrons. The van der Waals surface area contributed by atoms with Gasteiger partial charge in [0.1, 0.15) is 17.8 Å². The number of ether oxygens (including phenoxy) is 1. The van der Waals surface area contributed by atoms with Crippen LogP contribution in [0.1, 0.15) is 56.4 Å². The van der Waals surface area contributed by atoms with Crippen LogP contribution in [0.5, 0.6) is 0 Å². The number of rotatable bonds is 9. The highest BCUT2D eigenvalue weighted by molar-refractivity contribution is 6.31. The van der Waals surface area contributed by atoms with Gasteiger partial charge < -0.3 is 25.7 Å². The quantitative estimate of drug-likeness (QED) is 0.378. The summed E-state index contributed by atoms with van der Waals surface area (Å²) < 4.78 is 19.2. The average molecular weight is 521 g/mol. The number of hydrogen-bond acceptors (Lipinski definition) is 5. The van der Waals surface area contributed by atoms with E-state index in [9.17, 15) is 23.6 Å². The van der Waals surface area contributed by atoms with E-state index in [2.05, 4.69) is 20.9 Å². The van der Waals surface area contributed by atoms with Crippen LogP contribution in [0.25, 0.3) is 10.9 Å². The summed E-state index contributed by atoms with van der Waals surface area (Å²) in [6.07, 6.45) is 2.86. The molecule has 3 atom stereocenters. The fourth-order valence-electron chi connectivity index (χ4n) is 4.71. The summed E-state index contributed by atoms with van der Waals surface area (Å²) in [5, 5.41) is 8.66. The van der Waals surface area contributed by atoms with Gasteiger partial charge in [-0.2, -0.15) is 0 Å². The standard InChI is InChI=1S/C25H30ClFN4O5/c1-25(2)11-14(21(32)31-25)10-18(24(35)36-3)30-22(33)16(8-12-4-5-12)29-23(34)17-9-13-6-7-15(26)19(27)20(13)28-17/h6-7,9,12,14,16,18,28H,4-5,8,10-11H2,1-3H3,(H,29,34)(H,30,33)(H,31,32)/t14-,16+,18?/m1/s1. The molecule has 2 heterocycles. The Kier molecular flexibility index (Phi) is 7.26. The maximum Gasteiger partial charge on any atom is 0.328 e. The number of aromatic nitrogens is 1. The van der Waals surface area contributed by atoms with Crippen LogP contribution in [0.15, 0.2) is 18.2 Å². The van der Waals surface area contributed by atoms with Gasteiger partial charge in [0.2, 0.25) is 11.8 Å². The van der Waals surface area contributed by atoms with Gasteiger partial charge in [0.15, 0.2) is 5.82 Å². The number of hydrogen-bond donors (Lipinski definition) is 4. The summed E-state index contributed by atoms with van der Waals surface area (Å²) in [4.78, 5) is 53.7. The molecule has 1 saturated carbocycles.